The van der Waals surface area contributed by atoms with Gasteiger partial charge in [0.05, 0.1) is 0 Å². The smallest absolute Gasteiger partial charge is 0.248 e. The van der Waals surface area contributed by atoms with Crippen LogP contribution in [-0.4, -0.2) is 6.71 Å². The van der Waals surface area contributed by atoms with E-state index in [4.69, 9.17) is 0 Å². The highest BCUT2D eigenvalue weighted by molar-refractivity contribution is 7.00. The molecule has 0 unspecified atom stereocenters. The summed E-state index contributed by atoms with van der Waals surface area (Å²) >= 11 is 0. The van der Waals surface area contributed by atoms with Crippen LogP contribution in [0.25, 0.3) is 10.8 Å². The Morgan fingerprint density at radius 1 is 0.615 bits per heavy atom. The minimum atomic E-state index is 0.189. The largest absolute Gasteiger partial charge is 0.356 e. The van der Waals surface area contributed by atoms with Crippen LogP contribution in [0.2, 0.25) is 0 Å². The Hall–Kier alpha value is -4.76. The van der Waals surface area contributed by atoms with Crippen molar-refractivity contribution < 1.29 is 0 Å². The van der Waals surface area contributed by atoms with Gasteiger partial charge >= 0.3 is 0 Å². The molecule has 1 N–H and O–H groups in total. The van der Waals surface area contributed by atoms with Crippen molar-refractivity contribution in [1.82, 2.24) is 0 Å². The van der Waals surface area contributed by atoms with Crippen LogP contribution in [0, 0.1) is 6.92 Å². The zero-order valence-electron chi connectivity index (χ0n) is 21.9. The summed E-state index contributed by atoms with van der Waals surface area (Å²) in [4.78, 5) is 2.47. The maximum atomic E-state index is 3.63. The number of nitrogens with one attached hydrogen (secondary N) is 1. The first kappa shape index (κ1) is 22.2. The van der Waals surface area contributed by atoms with E-state index in [9.17, 15) is 0 Å². The van der Waals surface area contributed by atoms with Gasteiger partial charge in [0.2, 0.25) is 6.71 Å². The van der Waals surface area contributed by atoms with Crippen LogP contribution in [0.5, 0.6) is 0 Å². The van der Waals surface area contributed by atoms with Crippen molar-refractivity contribution in [1.29, 1.82) is 0 Å². The lowest BCUT2D eigenvalue weighted by molar-refractivity contribution is 1.19. The summed E-state index contributed by atoms with van der Waals surface area (Å²) in [7, 11) is 0. The summed E-state index contributed by atoms with van der Waals surface area (Å²) in [5.74, 6) is 0. The molecule has 6 aromatic carbocycles. The molecule has 0 saturated heterocycles. The summed E-state index contributed by atoms with van der Waals surface area (Å²) in [6.07, 6.45) is 0.932. The minimum absolute atomic E-state index is 0.189. The lowest BCUT2D eigenvalue weighted by Crippen LogP contribution is -2.61. The number of para-hydroxylation sites is 1. The summed E-state index contributed by atoms with van der Waals surface area (Å²) < 4.78 is 0. The van der Waals surface area contributed by atoms with Crippen molar-refractivity contribution in [3.05, 3.63) is 144 Å². The Kier molecular flexibility index (Phi) is 4.93. The van der Waals surface area contributed by atoms with Crippen LogP contribution in [-0.2, 0) is 6.42 Å². The highest BCUT2D eigenvalue weighted by Crippen LogP contribution is 2.39. The van der Waals surface area contributed by atoms with Gasteiger partial charge in [0, 0.05) is 28.4 Å². The molecular weight excluding hydrogens is 471 g/mol. The zero-order valence-corrected chi connectivity index (χ0v) is 21.9. The summed E-state index contributed by atoms with van der Waals surface area (Å²) in [5.41, 5.74) is 14.3. The molecule has 0 saturated carbocycles. The van der Waals surface area contributed by atoms with Gasteiger partial charge in [-0.15, -0.1) is 0 Å². The molecule has 6 aromatic rings. The first-order valence-electron chi connectivity index (χ1n) is 13.7. The van der Waals surface area contributed by atoms with Crippen molar-refractivity contribution >= 4 is 62.3 Å². The maximum Gasteiger partial charge on any atom is 0.248 e. The third-order valence-electron chi connectivity index (χ3n) is 8.37. The Bertz CT molecular complexity index is 1880. The molecule has 0 radical (unpaired) electrons. The van der Waals surface area contributed by atoms with Crippen LogP contribution in [0.4, 0.5) is 28.4 Å². The molecule has 0 fully saturated rings. The SMILES string of the molecule is Cc1ccc(Nc2ccc3c(c2)Cc2cccc4c2B3c2c(ccc3ccccc23)N4c2ccccc2)cc1. The van der Waals surface area contributed by atoms with Gasteiger partial charge in [0.15, 0.2) is 0 Å². The van der Waals surface area contributed by atoms with Crippen molar-refractivity contribution in [3.8, 4) is 0 Å². The summed E-state index contributed by atoms with van der Waals surface area (Å²) in [5, 5.41) is 6.25. The van der Waals surface area contributed by atoms with Gasteiger partial charge in [-0.3, -0.25) is 0 Å². The fourth-order valence-corrected chi connectivity index (χ4v) is 6.63. The Morgan fingerprint density at radius 2 is 1.38 bits per heavy atom. The second-order valence-electron chi connectivity index (χ2n) is 10.8. The molecule has 0 bridgehead atoms. The number of hydrogen-bond acceptors (Lipinski definition) is 2. The Balaban J connectivity index is 1.35. The molecule has 2 aliphatic rings. The monoisotopic (exact) mass is 498 g/mol. The quantitative estimate of drug-likeness (QED) is 0.262. The van der Waals surface area contributed by atoms with E-state index in [-0.39, 0.29) is 6.71 Å². The second kappa shape index (κ2) is 8.64. The molecule has 2 heterocycles. The molecule has 0 spiro atoms. The summed E-state index contributed by atoms with van der Waals surface area (Å²) in [6.45, 7) is 2.31. The van der Waals surface area contributed by atoms with E-state index < -0.39 is 0 Å². The van der Waals surface area contributed by atoms with E-state index in [1.807, 2.05) is 0 Å². The van der Waals surface area contributed by atoms with Crippen LogP contribution in [0.1, 0.15) is 16.7 Å². The van der Waals surface area contributed by atoms with Crippen LogP contribution >= 0.6 is 0 Å². The van der Waals surface area contributed by atoms with E-state index in [2.05, 4.69) is 145 Å². The second-order valence-corrected chi connectivity index (χ2v) is 10.8. The van der Waals surface area contributed by atoms with Crippen LogP contribution in [0.15, 0.2) is 127 Å². The first-order chi connectivity index (χ1) is 19.2. The lowest BCUT2D eigenvalue weighted by Gasteiger charge is -2.41. The normalized spacial score (nSPS) is 13.1. The number of benzene rings is 6. The topological polar surface area (TPSA) is 15.3 Å². The molecule has 8 rings (SSSR count). The van der Waals surface area contributed by atoms with Crippen molar-refractivity contribution in [2.45, 2.75) is 13.3 Å². The van der Waals surface area contributed by atoms with Crippen molar-refractivity contribution in [2.75, 3.05) is 10.2 Å². The Morgan fingerprint density at radius 3 is 2.26 bits per heavy atom. The molecule has 39 heavy (non-hydrogen) atoms. The Labute approximate surface area is 229 Å². The minimum Gasteiger partial charge on any atom is -0.356 e. The van der Waals surface area contributed by atoms with Gasteiger partial charge in [0.25, 0.3) is 0 Å². The van der Waals surface area contributed by atoms with E-state index in [1.165, 1.54) is 60.9 Å². The molecule has 0 aliphatic carbocycles. The molecular formula is C36H27BN2. The highest BCUT2D eigenvalue weighted by Gasteiger charge is 2.41. The zero-order chi connectivity index (χ0) is 25.9. The number of fused-ring (bicyclic) bond motifs is 6. The first-order valence-corrected chi connectivity index (χ1v) is 13.7. The number of nitrogens with zero attached hydrogens (tertiary/aromatic N) is 1. The third-order valence-corrected chi connectivity index (χ3v) is 8.37. The van der Waals surface area contributed by atoms with Crippen molar-refractivity contribution in [2.24, 2.45) is 0 Å². The van der Waals surface area contributed by atoms with Crippen LogP contribution in [0.3, 0.4) is 0 Å². The molecule has 0 amide bonds. The van der Waals surface area contributed by atoms with E-state index in [1.54, 1.807) is 0 Å². The van der Waals surface area contributed by atoms with Crippen LogP contribution < -0.4 is 26.6 Å². The highest BCUT2D eigenvalue weighted by atomic mass is 15.1. The molecule has 3 heteroatoms. The van der Waals surface area contributed by atoms with Gasteiger partial charge in [-0.2, -0.15) is 0 Å². The standard InChI is InChI=1S/C36H27BN2/c1-24-14-17-28(18-15-24)38-29-19-20-32-27(23-29)22-26-9-7-13-33-35(26)37(32)36-31-12-6-5-8-25(31)16-21-34(36)39(33)30-10-3-2-4-11-30/h2-21,23,38H,22H2,1H3. The predicted molar refractivity (Wildman–Crippen MR) is 167 cm³/mol. The van der Waals surface area contributed by atoms with Gasteiger partial charge in [0.1, 0.15) is 0 Å². The summed E-state index contributed by atoms with van der Waals surface area (Å²) in [6, 6.07) is 46.7. The van der Waals surface area contributed by atoms with E-state index in [0.717, 1.165) is 17.8 Å². The average molecular weight is 498 g/mol. The van der Waals surface area contributed by atoms with E-state index >= 15 is 0 Å². The van der Waals surface area contributed by atoms with Gasteiger partial charge in [-0.05, 0) is 94.7 Å². The number of aryl methyl sites for hydroxylation is 1. The molecule has 2 aliphatic heterocycles. The number of hydrogen-bond donors (Lipinski definition) is 1. The lowest BCUT2D eigenvalue weighted by atomic mass is 9.31. The fourth-order valence-electron chi connectivity index (χ4n) is 6.63. The fraction of sp³-hybridized carbons (Fsp3) is 0.0556. The predicted octanol–water partition coefficient (Wildman–Crippen LogP) is 7.10. The molecule has 184 valence electrons. The number of rotatable bonds is 3. The van der Waals surface area contributed by atoms with Crippen molar-refractivity contribution in [3.63, 3.8) is 0 Å². The van der Waals surface area contributed by atoms with Gasteiger partial charge < -0.3 is 10.2 Å². The van der Waals surface area contributed by atoms with Gasteiger partial charge in [-0.1, -0.05) is 89.9 Å². The molecule has 0 atom stereocenters. The maximum absolute atomic E-state index is 3.63. The van der Waals surface area contributed by atoms with E-state index in [0.29, 0.717) is 0 Å². The third kappa shape index (κ3) is 3.50. The average Bonchev–Trinajstić information content (AvgIpc) is 2.98. The number of anilines is 5. The molecule has 2 nitrogen and oxygen atoms in total. The molecule has 0 aromatic heterocycles. The van der Waals surface area contributed by atoms with Gasteiger partial charge in [-0.25, -0.2) is 0 Å².